The number of thioether (sulfide) groups is 1. The van der Waals surface area contributed by atoms with Gasteiger partial charge in [-0.2, -0.15) is 0 Å². The minimum atomic E-state index is -1.23. The Labute approximate surface area is 232 Å². The number of carbonyl (C=O) groups is 1. The molecule has 38 heavy (non-hydrogen) atoms. The van der Waals surface area contributed by atoms with Crippen LogP contribution in [-0.4, -0.2) is 40.0 Å². The van der Waals surface area contributed by atoms with Crippen molar-refractivity contribution >= 4 is 33.8 Å². The van der Waals surface area contributed by atoms with Crippen LogP contribution in [0.25, 0.3) is 0 Å². The van der Waals surface area contributed by atoms with Gasteiger partial charge >= 0.3 is 0 Å². The van der Waals surface area contributed by atoms with E-state index in [1.54, 1.807) is 36.2 Å². The number of nitrogens with zero attached hydrogens (tertiary/aromatic N) is 1. The van der Waals surface area contributed by atoms with Crippen molar-refractivity contribution in [1.82, 2.24) is 4.98 Å². The summed E-state index contributed by atoms with van der Waals surface area (Å²) in [6, 6.07) is 15.2. The predicted octanol–water partition coefficient (Wildman–Crippen LogP) is 7.86. The first-order chi connectivity index (χ1) is 17.8. The van der Waals surface area contributed by atoms with Gasteiger partial charge in [-0.25, -0.2) is 4.98 Å². The van der Waals surface area contributed by atoms with E-state index in [1.165, 1.54) is 0 Å². The van der Waals surface area contributed by atoms with Gasteiger partial charge in [0.2, 0.25) is 0 Å². The van der Waals surface area contributed by atoms with Gasteiger partial charge in [0.05, 0.1) is 6.61 Å². The van der Waals surface area contributed by atoms with Crippen LogP contribution in [-0.2, 0) is 17.2 Å². The van der Waals surface area contributed by atoms with Crippen LogP contribution >= 0.6 is 22.1 Å². The number of hydrogen-bond donors (Lipinski definition) is 1. The fourth-order valence-electron chi connectivity index (χ4n) is 3.80. The molecule has 0 spiro atoms. The smallest absolute Gasteiger partial charge is 0.257 e. The van der Waals surface area contributed by atoms with Crippen LogP contribution < -0.4 is 14.8 Å². The first-order valence-corrected chi connectivity index (χ1v) is 16.2. The number of fused-ring (bicyclic) bond motifs is 1. The quantitative estimate of drug-likeness (QED) is 0.286. The van der Waals surface area contributed by atoms with Crippen LogP contribution in [0.4, 0.5) is 5.82 Å². The summed E-state index contributed by atoms with van der Waals surface area (Å²) in [7, 11) is -1.23. The number of anilines is 1. The molecule has 1 N–H and O–H groups in total. The van der Waals surface area contributed by atoms with E-state index in [4.69, 9.17) is 13.7 Å². The maximum absolute atomic E-state index is 13.2. The number of hydrogen-bond acceptors (Lipinski definition) is 6. The zero-order chi connectivity index (χ0) is 27.7. The van der Waals surface area contributed by atoms with E-state index >= 15 is 0 Å². The molecule has 0 atom stereocenters. The fraction of sp³-hybridized carbons (Fsp3) is 0.400. The van der Waals surface area contributed by atoms with Crippen LogP contribution in [0.3, 0.4) is 0 Å². The lowest BCUT2D eigenvalue weighted by Gasteiger charge is -2.43. The second kappa shape index (κ2) is 10.8. The molecule has 0 aliphatic carbocycles. The molecule has 8 heteroatoms. The van der Waals surface area contributed by atoms with Crippen LogP contribution in [0.2, 0.25) is 0 Å². The third-order valence-electron chi connectivity index (χ3n) is 6.77. The molecule has 1 amide bonds. The molecule has 0 radical (unpaired) electrons. The lowest BCUT2D eigenvalue weighted by molar-refractivity contribution is 0.102. The zero-order valence-electron chi connectivity index (χ0n) is 23.5. The van der Waals surface area contributed by atoms with E-state index in [2.05, 4.69) is 43.6 Å². The lowest BCUT2D eigenvalue weighted by atomic mass is 9.99. The van der Waals surface area contributed by atoms with Crippen molar-refractivity contribution in [1.29, 1.82) is 0 Å². The Bertz CT molecular complexity index is 1300. The van der Waals surface area contributed by atoms with Crippen molar-refractivity contribution in [2.45, 2.75) is 62.9 Å². The minimum absolute atomic E-state index is 0.0870. The van der Waals surface area contributed by atoms with Gasteiger partial charge in [-0.05, 0) is 80.6 Å². The van der Waals surface area contributed by atoms with E-state index < -0.39 is 10.3 Å². The number of carbonyl (C=O) groups excluding carboxylic acids is 1. The van der Waals surface area contributed by atoms with Gasteiger partial charge in [0.15, 0.2) is 0 Å². The van der Waals surface area contributed by atoms with Crippen LogP contribution in [0.1, 0.15) is 56.1 Å². The van der Waals surface area contributed by atoms with Crippen molar-refractivity contribution in [3.05, 3.63) is 71.4 Å². The predicted molar refractivity (Wildman–Crippen MR) is 159 cm³/mol. The third-order valence-corrected chi connectivity index (χ3v) is 11.2. The van der Waals surface area contributed by atoms with Crippen molar-refractivity contribution < 1.29 is 18.5 Å². The Kier molecular flexibility index (Phi) is 8.07. The molecule has 4 rings (SSSR count). The summed E-state index contributed by atoms with van der Waals surface area (Å²) in [4.78, 5) is 18.8. The highest BCUT2D eigenvalue weighted by molar-refractivity contribution is 8.29. The maximum Gasteiger partial charge on any atom is 0.257 e. The summed E-state index contributed by atoms with van der Waals surface area (Å²) < 4.78 is 18.7. The number of rotatable bonds is 8. The fourth-order valence-corrected chi connectivity index (χ4v) is 4.99. The van der Waals surface area contributed by atoms with E-state index in [0.29, 0.717) is 41.7 Å². The summed E-state index contributed by atoms with van der Waals surface area (Å²) >= 11 is 1.68. The number of benzene rings is 2. The van der Waals surface area contributed by atoms with Crippen LogP contribution in [0.15, 0.2) is 59.6 Å². The monoisotopic (exact) mass is 554 g/mol. The molecule has 0 unspecified atom stereocenters. The topological polar surface area (TPSA) is 69.7 Å². The minimum Gasteiger partial charge on any atom is -0.487 e. The molecule has 3 aromatic rings. The molecule has 6 nitrogen and oxygen atoms in total. The largest absolute Gasteiger partial charge is 0.487 e. The van der Waals surface area contributed by atoms with Crippen molar-refractivity contribution in [2.24, 2.45) is 0 Å². The second-order valence-electron chi connectivity index (χ2n) is 11.4. The molecule has 204 valence electrons. The summed E-state index contributed by atoms with van der Waals surface area (Å²) in [6.07, 6.45) is 8.83. The third kappa shape index (κ3) is 6.65. The molecule has 1 aliphatic heterocycles. The number of aromatic nitrogens is 1. The van der Waals surface area contributed by atoms with Gasteiger partial charge in [-0.3, -0.25) is 4.79 Å². The molecule has 1 aromatic heterocycles. The average molecular weight is 555 g/mol. The van der Waals surface area contributed by atoms with Crippen LogP contribution in [0.5, 0.6) is 17.2 Å². The number of nitrogens with one attached hydrogen (secondary N) is 1. The Morgan fingerprint density at radius 2 is 1.84 bits per heavy atom. The van der Waals surface area contributed by atoms with Crippen LogP contribution in [0, 0.1) is 0 Å². The van der Waals surface area contributed by atoms with Gasteiger partial charge < -0.3 is 19.0 Å². The van der Waals surface area contributed by atoms with Crippen molar-refractivity contribution in [3.8, 4) is 17.2 Å². The zero-order valence-corrected chi connectivity index (χ0v) is 25.1. The van der Waals surface area contributed by atoms with E-state index in [9.17, 15) is 4.79 Å². The van der Waals surface area contributed by atoms with E-state index in [1.807, 2.05) is 50.4 Å². The highest BCUT2D eigenvalue weighted by atomic mass is 32.3. The van der Waals surface area contributed by atoms with Crippen molar-refractivity contribution in [2.75, 3.05) is 24.1 Å². The first-order valence-electron chi connectivity index (χ1n) is 12.6. The van der Waals surface area contributed by atoms with Gasteiger partial charge in [-0.15, -0.1) is 22.1 Å². The van der Waals surface area contributed by atoms with E-state index in [0.717, 1.165) is 16.0 Å². The number of amides is 1. The summed E-state index contributed by atoms with van der Waals surface area (Å²) in [5.41, 5.74) is 2.00. The van der Waals surface area contributed by atoms with E-state index in [-0.39, 0.29) is 16.3 Å². The lowest BCUT2D eigenvalue weighted by Crippen LogP contribution is -2.25. The standard InChI is InChI=1S/C30H38N2O4S2/c1-29(2,3)38(7,8)34-19-20-9-14-27(31-18-20)32-28(33)21-15-25(24-17-30(4,5)36-26(24)16-21)35-22-10-12-23(37-6)13-11-22/h9-16,18H,17,19H2,1-8H3,(H,31,32,33). The summed E-state index contributed by atoms with van der Waals surface area (Å²) in [6.45, 7) is 11.1. The summed E-state index contributed by atoms with van der Waals surface area (Å²) in [5.74, 6) is 2.20. The molecule has 0 bridgehead atoms. The first kappa shape index (κ1) is 28.3. The second-order valence-corrected chi connectivity index (χ2v) is 16.2. The molecule has 0 saturated carbocycles. The maximum atomic E-state index is 13.2. The van der Waals surface area contributed by atoms with Gasteiger partial charge in [-0.1, -0.05) is 26.8 Å². The molecule has 0 fully saturated rings. The molecule has 2 aromatic carbocycles. The molecular weight excluding hydrogens is 516 g/mol. The Hall–Kier alpha value is -2.68. The number of pyridine rings is 1. The van der Waals surface area contributed by atoms with Gasteiger partial charge in [0, 0.05) is 33.4 Å². The Morgan fingerprint density at radius 3 is 2.45 bits per heavy atom. The Balaban J connectivity index is 1.50. The molecule has 0 saturated heterocycles. The highest BCUT2D eigenvalue weighted by Crippen LogP contribution is 2.54. The van der Waals surface area contributed by atoms with Crippen molar-refractivity contribution in [3.63, 3.8) is 0 Å². The normalized spacial score (nSPS) is 14.9. The molecular formula is C30H38N2O4S2. The summed E-state index contributed by atoms with van der Waals surface area (Å²) in [5, 5.41) is 2.90. The number of ether oxygens (including phenoxy) is 2. The molecule has 2 heterocycles. The SMILES string of the molecule is CSc1ccc(Oc2cc(C(=O)Nc3ccc(COS(C)(C)C(C)(C)C)cn3)cc3c2CC(C)(C)O3)cc1. The average Bonchev–Trinajstić information content (AvgIpc) is 3.17. The highest BCUT2D eigenvalue weighted by Gasteiger charge is 2.34. The molecule has 1 aliphatic rings. The van der Waals surface area contributed by atoms with Gasteiger partial charge in [0.1, 0.15) is 28.7 Å². The van der Waals surface area contributed by atoms with Gasteiger partial charge in [0.25, 0.3) is 5.91 Å². The Morgan fingerprint density at radius 1 is 1.13 bits per heavy atom.